The summed E-state index contributed by atoms with van der Waals surface area (Å²) >= 11 is 6.00. The van der Waals surface area contributed by atoms with Crippen molar-refractivity contribution in [2.45, 2.75) is 0 Å². The van der Waals surface area contributed by atoms with Crippen molar-refractivity contribution in [3.8, 4) is 11.4 Å². The lowest BCUT2D eigenvalue weighted by molar-refractivity contribution is 0.0532. The van der Waals surface area contributed by atoms with Crippen molar-refractivity contribution in [1.82, 2.24) is 19.6 Å². The summed E-state index contributed by atoms with van der Waals surface area (Å²) in [5, 5.41) is 4.46. The summed E-state index contributed by atoms with van der Waals surface area (Å²) < 4.78 is 20.0. The third-order valence-corrected chi connectivity index (χ3v) is 5.47. The Morgan fingerprint density at radius 2 is 1.61 bits per heavy atom. The van der Waals surface area contributed by atoms with E-state index in [4.69, 9.17) is 16.3 Å². The molecule has 2 amide bonds. The van der Waals surface area contributed by atoms with Gasteiger partial charge in [-0.3, -0.25) is 9.59 Å². The molecule has 0 radical (unpaired) electrons. The van der Waals surface area contributed by atoms with Gasteiger partial charge >= 0.3 is 0 Å². The van der Waals surface area contributed by atoms with Gasteiger partial charge in [0.2, 0.25) is 0 Å². The molecule has 4 rings (SSSR count). The maximum Gasteiger partial charge on any atom is 0.274 e. The highest BCUT2D eigenvalue weighted by atomic mass is 35.5. The average Bonchev–Trinajstić information content (AvgIpc) is 3.29. The zero-order valence-corrected chi connectivity index (χ0v) is 17.6. The maximum atomic E-state index is 13.2. The Bertz CT molecular complexity index is 1110. The first kappa shape index (κ1) is 20.9. The number of piperazine rings is 1. The number of hydrogen-bond donors (Lipinski definition) is 0. The van der Waals surface area contributed by atoms with Crippen LogP contribution >= 0.6 is 11.6 Å². The van der Waals surface area contributed by atoms with Crippen molar-refractivity contribution in [1.29, 1.82) is 0 Å². The van der Waals surface area contributed by atoms with E-state index in [-0.39, 0.29) is 22.4 Å². The lowest BCUT2D eigenvalue weighted by atomic mass is 10.1. The molecule has 9 heteroatoms. The number of nitrogens with zero attached hydrogens (tertiary/aromatic N) is 4. The maximum absolute atomic E-state index is 13.2. The predicted octanol–water partition coefficient (Wildman–Crippen LogP) is 3.27. The number of benzene rings is 2. The second-order valence-electron chi connectivity index (χ2n) is 7.05. The number of carbonyl (C=O) groups is 2. The smallest absolute Gasteiger partial charge is 0.274 e. The van der Waals surface area contributed by atoms with E-state index >= 15 is 0 Å². The van der Waals surface area contributed by atoms with Crippen LogP contribution in [0.15, 0.2) is 54.7 Å². The zero-order chi connectivity index (χ0) is 22.0. The van der Waals surface area contributed by atoms with Gasteiger partial charge in [-0.2, -0.15) is 5.10 Å². The molecule has 0 unspecified atom stereocenters. The summed E-state index contributed by atoms with van der Waals surface area (Å²) in [6.45, 7) is 1.46. The van der Waals surface area contributed by atoms with Crippen molar-refractivity contribution in [2.24, 2.45) is 0 Å². The predicted molar refractivity (Wildman–Crippen MR) is 113 cm³/mol. The number of halogens is 2. The molecule has 0 aliphatic carbocycles. The van der Waals surface area contributed by atoms with Crippen LogP contribution in [-0.4, -0.2) is 64.7 Å². The van der Waals surface area contributed by atoms with Gasteiger partial charge in [-0.05, 0) is 48.5 Å². The number of carbonyl (C=O) groups excluding carboxylic acids is 2. The summed E-state index contributed by atoms with van der Waals surface area (Å²) in [6, 6.07) is 12.7. The third-order valence-electron chi connectivity index (χ3n) is 5.16. The molecule has 1 fully saturated rings. The molecular weight excluding hydrogens is 423 g/mol. The number of ether oxygens (including phenoxy) is 1. The molecule has 0 N–H and O–H groups in total. The normalized spacial score (nSPS) is 13.9. The Morgan fingerprint density at radius 1 is 0.968 bits per heavy atom. The van der Waals surface area contributed by atoms with Crippen LogP contribution in [0.2, 0.25) is 5.02 Å². The van der Waals surface area contributed by atoms with Gasteiger partial charge in [0.1, 0.15) is 11.6 Å². The van der Waals surface area contributed by atoms with Crippen LogP contribution in [0.3, 0.4) is 0 Å². The van der Waals surface area contributed by atoms with E-state index in [1.165, 1.54) is 12.1 Å². The van der Waals surface area contributed by atoms with E-state index in [0.29, 0.717) is 31.9 Å². The van der Waals surface area contributed by atoms with Crippen molar-refractivity contribution >= 4 is 23.4 Å². The fraction of sp³-hybridized carbons (Fsp3) is 0.227. The second-order valence-corrected chi connectivity index (χ2v) is 7.46. The van der Waals surface area contributed by atoms with Gasteiger partial charge in [-0.25, -0.2) is 9.07 Å². The van der Waals surface area contributed by atoms with E-state index < -0.39 is 5.82 Å². The molecule has 2 aromatic carbocycles. The monoisotopic (exact) mass is 442 g/mol. The summed E-state index contributed by atoms with van der Waals surface area (Å²) in [5.41, 5.74) is 1.39. The van der Waals surface area contributed by atoms with Gasteiger partial charge in [0.05, 0.1) is 23.4 Å². The standard InChI is InChI=1S/C22H20ClFN4O3/c1-31-17-5-3-16(4-6-17)28-9-8-20(25-28)22(30)27-12-10-26(11-13-27)21(29)18-7-2-15(24)14-19(18)23/h2-9,14H,10-13H2,1H3. The van der Waals surface area contributed by atoms with Crippen molar-refractivity contribution in [2.75, 3.05) is 33.3 Å². The lowest BCUT2D eigenvalue weighted by Crippen LogP contribution is -2.50. The third kappa shape index (κ3) is 4.39. The highest BCUT2D eigenvalue weighted by Gasteiger charge is 2.27. The van der Waals surface area contributed by atoms with Crippen LogP contribution in [0, 0.1) is 5.82 Å². The van der Waals surface area contributed by atoms with Crippen molar-refractivity contribution in [3.05, 3.63) is 76.8 Å². The molecule has 7 nitrogen and oxygen atoms in total. The average molecular weight is 443 g/mol. The summed E-state index contributed by atoms with van der Waals surface area (Å²) in [4.78, 5) is 28.8. The fourth-order valence-electron chi connectivity index (χ4n) is 3.42. The molecule has 160 valence electrons. The molecule has 0 spiro atoms. The molecule has 0 bridgehead atoms. The highest BCUT2D eigenvalue weighted by Crippen LogP contribution is 2.20. The van der Waals surface area contributed by atoms with Crippen LogP contribution in [0.25, 0.3) is 5.69 Å². The topological polar surface area (TPSA) is 67.7 Å². The molecule has 0 saturated carbocycles. The van der Waals surface area contributed by atoms with Gasteiger partial charge in [-0.15, -0.1) is 0 Å². The SMILES string of the molecule is COc1ccc(-n2ccc(C(=O)N3CCN(C(=O)c4ccc(F)cc4Cl)CC3)n2)cc1. The van der Waals surface area contributed by atoms with Crippen molar-refractivity contribution < 1.29 is 18.7 Å². The number of methoxy groups -OCH3 is 1. The molecule has 0 atom stereocenters. The molecule has 1 aromatic heterocycles. The van der Waals surface area contributed by atoms with Crippen LogP contribution in [0.5, 0.6) is 5.75 Å². The largest absolute Gasteiger partial charge is 0.497 e. The van der Waals surface area contributed by atoms with E-state index in [1.54, 1.807) is 33.9 Å². The van der Waals surface area contributed by atoms with Crippen LogP contribution < -0.4 is 4.74 Å². The lowest BCUT2D eigenvalue weighted by Gasteiger charge is -2.34. The van der Waals surface area contributed by atoms with Crippen molar-refractivity contribution in [3.63, 3.8) is 0 Å². The minimum atomic E-state index is -0.494. The Balaban J connectivity index is 1.39. The number of amides is 2. The van der Waals surface area contributed by atoms with Crippen LogP contribution in [-0.2, 0) is 0 Å². The van der Waals surface area contributed by atoms with Gasteiger partial charge in [-0.1, -0.05) is 11.6 Å². The first-order valence-electron chi connectivity index (χ1n) is 9.70. The molecule has 1 saturated heterocycles. The van der Waals surface area contributed by atoms with E-state index in [9.17, 15) is 14.0 Å². The van der Waals surface area contributed by atoms with E-state index in [1.807, 2.05) is 24.3 Å². The van der Waals surface area contributed by atoms with Crippen LogP contribution in [0.4, 0.5) is 4.39 Å². The Morgan fingerprint density at radius 3 is 2.23 bits per heavy atom. The summed E-state index contributed by atoms with van der Waals surface area (Å²) in [7, 11) is 1.60. The minimum absolute atomic E-state index is 0.0765. The van der Waals surface area contributed by atoms with Gasteiger partial charge in [0, 0.05) is 32.4 Å². The minimum Gasteiger partial charge on any atom is -0.497 e. The molecule has 31 heavy (non-hydrogen) atoms. The van der Waals surface area contributed by atoms with E-state index in [0.717, 1.165) is 17.5 Å². The van der Waals surface area contributed by atoms with Gasteiger partial charge < -0.3 is 14.5 Å². The Labute approximate surface area is 183 Å². The fourth-order valence-corrected chi connectivity index (χ4v) is 3.67. The second kappa shape index (κ2) is 8.77. The molecular formula is C22H20ClFN4O3. The first-order valence-corrected chi connectivity index (χ1v) is 10.1. The Hall–Kier alpha value is -3.39. The first-order chi connectivity index (χ1) is 15.0. The quantitative estimate of drug-likeness (QED) is 0.622. The number of hydrogen-bond acceptors (Lipinski definition) is 4. The number of rotatable bonds is 4. The summed E-state index contributed by atoms with van der Waals surface area (Å²) in [5.74, 6) is -0.229. The van der Waals surface area contributed by atoms with Gasteiger partial charge in [0.15, 0.2) is 5.69 Å². The summed E-state index contributed by atoms with van der Waals surface area (Å²) in [6.07, 6.45) is 1.73. The molecule has 2 heterocycles. The molecule has 3 aromatic rings. The van der Waals surface area contributed by atoms with Crippen LogP contribution in [0.1, 0.15) is 20.8 Å². The molecule has 1 aliphatic heterocycles. The van der Waals surface area contributed by atoms with Gasteiger partial charge in [0.25, 0.3) is 11.8 Å². The highest BCUT2D eigenvalue weighted by molar-refractivity contribution is 6.33. The number of aromatic nitrogens is 2. The van der Waals surface area contributed by atoms with E-state index in [2.05, 4.69) is 5.10 Å². The Kier molecular flexibility index (Phi) is 5.90. The zero-order valence-electron chi connectivity index (χ0n) is 16.8. The molecule has 1 aliphatic rings.